The molecule has 11 heteroatoms. The monoisotopic (exact) mass is 490 g/mol. The minimum atomic E-state index is -3.51. The minimum absolute atomic E-state index is 0.180. The lowest BCUT2D eigenvalue weighted by atomic mass is 10.1. The van der Waals surface area contributed by atoms with Gasteiger partial charge < -0.3 is 4.52 Å². The normalized spacial score (nSPS) is 15.7. The number of piperidine rings is 1. The zero-order chi connectivity index (χ0) is 23.6. The van der Waals surface area contributed by atoms with Crippen molar-refractivity contribution in [3.05, 3.63) is 60.0 Å². The van der Waals surface area contributed by atoms with Gasteiger partial charge in [0, 0.05) is 32.7 Å². The Kier molecular flexibility index (Phi) is 6.66. The van der Waals surface area contributed by atoms with Crippen molar-refractivity contribution in [2.75, 3.05) is 27.2 Å². The largest absolute Gasteiger partial charge is 0.339 e. The summed E-state index contributed by atoms with van der Waals surface area (Å²) in [5.74, 6) is 0.727. The van der Waals surface area contributed by atoms with Crippen molar-refractivity contribution in [3.8, 4) is 11.4 Å². The fourth-order valence-electron chi connectivity index (χ4n) is 3.64. The predicted molar refractivity (Wildman–Crippen MR) is 122 cm³/mol. The molecule has 1 fully saturated rings. The summed E-state index contributed by atoms with van der Waals surface area (Å²) in [4.78, 5) is 4.85. The van der Waals surface area contributed by atoms with Gasteiger partial charge in [0.15, 0.2) is 0 Å². The van der Waals surface area contributed by atoms with E-state index in [9.17, 15) is 16.8 Å². The number of nitrogens with zero attached hydrogens (tertiary/aromatic N) is 4. The summed E-state index contributed by atoms with van der Waals surface area (Å²) in [6.07, 6.45) is 3.20. The molecule has 2 heterocycles. The third kappa shape index (κ3) is 5.01. The predicted octanol–water partition coefficient (Wildman–Crippen LogP) is 2.75. The number of benzene rings is 2. The summed E-state index contributed by atoms with van der Waals surface area (Å²) in [6, 6.07) is 13.0. The maximum absolute atomic E-state index is 12.8. The average molecular weight is 491 g/mol. The summed E-state index contributed by atoms with van der Waals surface area (Å²) in [6.45, 7) is 1.13. The van der Waals surface area contributed by atoms with Gasteiger partial charge in [-0.1, -0.05) is 23.7 Å². The summed E-state index contributed by atoms with van der Waals surface area (Å²) >= 11 is 0. The Bertz CT molecular complexity index is 1310. The molecule has 0 radical (unpaired) electrons. The van der Waals surface area contributed by atoms with E-state index in [1.54, 1.807) is 40.7 Å². The van der Waals surface area contributed by atoms with E-state index < -0.39 is 20.0 Å². The Morgan fingerprint density at radius 1 is 0.879 bits per heavy atom. The maximum atomic E-state index is 12.8. The first kappa shape index (κ1) is 23.6. The van der Waals surface area contributed by atoms with Crippen LogP contribution in [0.2, 0.25) is 0 Å². The molecule has 1 aliphatic rings. The van der Waals surface area contributed by atoms with Crippen molar-refractivity contribution in [3.63, 3.8) is 0 Å². The van der Waals surface area contributed by atoms with E-state index in [-0.39, 0.29) is 9.79 Å². The van der Waals surface area contributed by atoms with E-state index in [0.29, 0.717) is 36.8 Å². The van der Waals surface area contributed by atoms with Crippen LogP contribution < -0.4 is 0 Å². The van der Waals surface area contributed by atoms with Crippen molar-refractivity contribution in [1.29, 1.82) is 0 Å². The molecule has 0 unspecified atom stereocenters. The van der Waals surface area contributed by atoms with Gasteiger partial charge in [0.1, 0.15) is 0 Å². The van der Waals surface area contributed by atoms with Gasteiger partial charge in [-0.05, 0) is 54.8 Å². The number of sulfonamides is 2. The number of hydrogen-bond donors (Lipinski definition) is 0. The third-order valence-corrected chi connectivity index (χ3v) is 9.33. The highest BCUT2D eigenvalue weighted by Crippen LogP contribution is 2.23. The number of hydrogen-bond acceptors (Lipinski definition) is 7. The molecule has 0 atom stereocenters. The van der Waals surface area contributed by atoms with Gasteiger partial charge in [-0.3, -0.25) is 0 Å². The molecule has 0 aliphatic carbocycles. The van der Waals surface area contributed by atoms with Gasteiger partial charge in [-0.25, -0.2) is 21.1 Å². The van der Waals surface area contributed by atoms with E-state index in [0.717, 1.165) is 29.1 Å². The third-order valence-electron chi connectivity index (χ3n) is 5.59. The molecule has 0 N–H and O–H groups in total. The second kappa shape index (κ2) is 9.34. The molecule has 9 nitrogen and oxygen atoms in total. The van der Waals surface area contributed by atoms with Crippen molar-refractivity contribution in [2.45, 2.75) is 35.5 Å². The van der Waals surface area contributed by atoms with Crippen LogP contribution in [0, 0.1) is 0 Å². The van der Waals surface area contributed by atoms with Crippen LogP contribution in [0.1, 0.15) is 30.7 Å². The van der Waals surface area contributed by atoms with Crippen LogP contribution >= 0.6 is 0 Å². The second-order valence-corrected chi connectivity index (χ2v) is 12.2. The van der Waals surface area contributed by atoms with Gasteiger partial charge >= 0.3 is 0 Å². The maximum Gasteiger partial charge on any atom is 0.243 e. The van der Waals surface area contributed by atoms with Crippen LogP contribution in [0.3, 0.4) is 0 Å². The molecule has 0 spiro atoms. The Labute approximate surface area is 194 Å². The smallest absolute Gasteiger partial charge is 0.243 e. The van der Waals surface area contributed by atoms with Crippen molar-refractivity contribution in [1.82, 2.24) is 18.8 Å². The van der Waals surface area contributed by atoms with Crippen LogP contribution in [0.25, 0.3) is 11.4 Å². The van der Waals surface area contributed by atoms with Crippen molar-refractivity contribution in [2.24, 2.45) is 0 Å². The van der Waals surface area contributed by atoms with Crippen LogP contribution in [-0.4, -0.2) is 62.8 Å². The van der Waals surface area contributed by atoms with E-state index in [2.05, 4.69) is 10.1 Å². The summed E-state index contributed by atoms with van der Waals surface area (Å²) in [5, 5.41) is 3.98. The fraction of sp³-hybridized carbons (Fsp3) is 0.364. The molecule has 0 saturated carbocycles. The van der Waals surface area contributed by atoms with Gasteiger partial charge in [-0.15, -0.1) is 0 Å². The van der Waals surface area contributed by atoms with Gasteiger partial charge in [0.05, 0.1) is 16.2 Å². The number of aromatic nitrogens is 2. The van der Waals surface area contributed by atoms with Crippen LogP contribution in [0.15, 0.2) is 62.8 Å². The first-order valence-corrected chi connectivity index (χ1v) is 13.5. The van der Waals surface area contributed by atoms with Crippen molar-refractivity contribution < 1.29 is 21.4 Å². The van der Waals surface area contributed by atoms with E-state index in [1.807, 2.05) is 0 Å². The topological polar surface area (TPSA) is 114 Å². The molecule has 33 heavy (non-hydrogen) atoms. The molecule has 4 rings (SSSR count). The highest BCUT2D eigenvalue weighted by atomic mass is 32.2. The Hall–Kier alpha value is -2.60. The molecule has 0 bridgehead atoms. The van der Waals surface area contributed by atoms with Crippen LogP contribution in [0.4, 0.5) is 0 Å². The molecule has 2 aromatic carbocycles. The molecule has 3 aromatic rings. The Balaban J connectivity index is 1.46. The number of rotatable bonds is 7. The first-order chi connectivity index (χ1) is 15.7. The van der Waals surface area contributed by atoms with Crippen LogP contribution in [-0.2, 0) is 26.5 Å². The molecule has 0 amide bonds. The van der Waals surface area contributed by atoms with Gasteiger partial charge in [-0.2, -0.15) is 9.29 Å². The van der Waals surface area contributed by atoms with Gasteiger partial charge in [0.2, 0.25) is 31.8 Å². The lowest BCUT2D eigenvalue weighted by Crippen LogP contribution is -2.35. The van der Waals surface area contributed by atoms with Gasteiger partial charge in [0.25, 0.3) is 0 Å². The zero-order valence-corrected chi connectivity index (χ0v) is 20.1. The molecule has 1 aromatic heterocycles. The van der Waals surface area contributed by atoms with E-state index in [1.165, 1.54) is 26.2 Å². The van der Waals surface area contributed by atoms with Crippen molar-refractivity contribution >= 4 is 20.0 Å². The lowest BCUT2D eigenvalue weighted by Gasteiger charge is -2.25. The second-order valence-electron chi connectivity index (χ2n) is 8.11. The lowest BCUT2D eigenvalue weighted by molar-refractivity contribution is 0.346. The zero-order valence-electron chi connectivity index (χ0n) is 18.5. The molecular weight excluding hydrogens is 464 g/mol. The first-order valence-electron chi connectivity index (χ1n) is 10.6. The standard InChI is InChI=1S/C22H26N4O5S2/c1-25(2)32(27,28)19-12-8-18(9-13-19)22-23-21(31-24-22)16-17-6-10-20(11-7-17)33(29,30)26-14-4-3-5-15-26/h6-13H,3-5,14-16H2,1-2H3. The summed E-state index contributed by atoms with van der Waals surface area (Å²) in [7, 11) is -4.02. The summed E-state index contributed by atoms with van der Waals surface area (Å²) in [5.41, 5.74) is 1.47. The SMILES string of the molecule is CN(C)S(=O)(=O)c1ccc(-c2noc(Cc3ccc(S(=O)(=O)N4CCCCC4)cc3)n2)cc1. The highest BCUT2D eigenvalue weighted by molar-refractivity contribution is 7.89. The molecule has 1 saturated heterocycles. The Morgan fingerprint density at radius 3 is 2.09 bits per heavy atom. The van der Waals surface area contributed by atoms with E-state index >= 15 is 0 Å². The Morgan fingerprint density at radius 2 is 1.48 bits per heavy atom. The minimum Gasteiger partial charge on any atom is -0.339 e. The quantitative estimate of drug-likeness (QED) is 0.500. The average Bonchev–Trinajstić information content (AvgIpc) is 3.28. The van der Waals surface area contributed by atoms with E-state index in [4.69, 9.17) is 4.52 Å². The molecular formula is C22H26N4O5S2. The molecule has 176 valence electrons. The molecule has 1 aliphatic heterocycles. The van der Waals surface area contributed by atoms with Crippen LogP contribution in [0.5, 0.6) is 0 Å². The summed E-state index contributed by atoms with van der Waals surface area (Å²) < 4.78 is 58.0. The fourth-order valence-corrected chi connectivity index (χ4v) is 6.06. The highest BCUT2D eigenvalue weighted by Gasteiger charge is 2.25.